The summed E-state index contributed by atoms with van der Waals surface area (Å²) < 4.78 is 23.0. The number of halogens is 1. The molecule has 0 saturated carbocycles. The average molecular weight is 304 g/mol. The van der Waals surface area contributed by atoms with Gasteiger partial charge in [-0.15, -0.1) is 0 Å². The summed E-state index contributed by atoms with van der Waals surface area (Å²) in [5, 5.41) is 7.85. The van der Waals surface area contributed by atoms with E-state index < -0.39 is 0 Å². The lowest BCUT2D eigenvalue weighted by Crippen LogP contribution is -1.89. The summed E-state index contributed by atoms with van der Waals surface area (Å²) in [6.07, 6.45) is 0. The summed E-state index contributed by atoms with van der Waals surface area (Å²) in [5.74, 6) is 0.420. The van der Waals surface area contributed by atoms with Crippen molar-refractivity contribution in [3.63, 3.8) is 0 Å². The minimum Gasteiger partial charge on any atom is -0.378 e. The molecule has 2 heterocycles. The van der Waals surface area contributed by atoms with Gasteiger partial charge in [0, 0.05) is 12.6 Å². The van der Waals surface area contributed by atoms with Gasteiger partial charge in [0.2, 0.25) is 5.82 Å². The zero-order chi connectivity index (χ0) is 15.0. The molecule has 0 unspecified atom stereocenters. The van der Waals surface area contributed by atoms with Crippen LogP contribution < -0.4 is 5.32 Å². The van der Waals surface area contributed by atoms with Crippen molar-refractivity contribution in [3.8, 4) is 22.8 Å². The molecule has 5 nitrogen and oxygen atoms in total. The van der Waals surface area contributed by atoms with Crippen LogP contribution in [0.25, 0.3) is 22.8 Å². The molecule has 0 atom stereocenters. The van der Waals surface area contributed by atoms with Crippen molar-refractivity contribution < 1.29 is 8.91 Å². The Morgan fingerprint density at radius 3 is 2.76 bits per heavy atom. The molecule has 0 aliphatic rings. The third-order valence-electron chi connectivity index (χ3n) is 3.03. The number of benzene rings is 1. The molecule has 3 rings (SSSR count). The maximum Gasteiger partial charge on any atom is 0.263 e. The zero-order valence-corrected chi connectivity index (χ0v) is 12.6. The van der Waals surface area contributed by atoms with Gasteiger partial charge in [0.1, 0.15) is 10.8 Å². The van der Waals surface area contributed by atoms with Gasteiger partial charge in [-0.05, 0) is 49.1 Å². The fraction of sp³-hybridized carbons (Fsp3) is 0.214. The van der Waals surface area contributed by atoms with Gasteiger partial charge in [-0.2, -0.15) is 9.36 Å². The van der Waals surface area contributed by atoms with Gasteiger partial charge in [0.25, 0.3) is 5.89 Å². The molecule has 2 aromatic heterocycles. The van der Waals surface area contributed by atoms with Crippen molar-refractivity contribution in [2.45, 2.75) is 13.8 Å². The molecule has 0 spiro atoms. The molecular weight excluding hydrogens is 291 g/mol. The highest BCUT2D eigenvalue weighted by molar-refractivity contribution is 7.10. The number of aryl methyl sites for hydroxylation is 2. The first-order valence-corrected chi connectivity index (χ1v) is 7.11. The monoisotopic (exact) mass is 304 g/mol. The molecule has 0 radical (unpaired) electrons. The predicted octanol–water partition coefficient (Wildman–Crippen LogP) is 3.66. The largest absolute Gasteiger partial charge is 0.378 e. The van der Waals surface area contributed by atoms with Crippen molar-refractivity contribution >= 4 is 16.5 Å². The van der Waals surface area contributed by atoms with Crippen molar-refractivity contribution in [2.75, 3.05) is 12.4 Å². The third kappa shape index (κ3) is 2.52. The smallest absolute Gasteiger partial charge is 0.263 e. The Hall–Kier alpha value is -2.28. The van der Waals surface area contributed by atoms with Crippen molar-refractivity contribution in [1.82, 2.24) is 14.5 Å². The molecule has 3 aromatic rings. The second kappa shape index (κ2) is 5.25. The lowest BCUT2D eigenvalue weighted by atomic mass is 10.1. The summed E-state index contributed by atoms with van der Waals surface area (Å²) >= 11 is 1.33. The number of aromatic nitrogens is 3. The molecule has 7 heteroatoms. The Labute approximate surface area is 125 Å². The standard InChI is InChI=1S/C14H13FN4OS/c1-7-4-9(6-10(15)5-7)12-17-13(20-18-12)11-8(2)19-21-14(11)16-3/h4-6,16H,1-3H3. The maximum atomic E-state index is 13.5. The molecule has 108 valence electrons. The SMILES string of the molecule is CNc1snc(C)c1-c1nc(-c2cc(C)cc(F)c2)no1. The molecule has 1 aromatic carbocycles. The van der Waals surface area contributed by atoms with Crippen LogP contribution in [0.1, 0.15) is 11.3 Å². The van der Waals surface area contributed by atoms with E-state index >= 15 is 0 Å². The Morgan fingerprint density at radius 1 is 1.24 bits per heavy atom. The molecule has 0 fully saturated rings. The van der Waals surface area contributed by atoms with E-state index in [-0.39, 0.29) is 5.82 Å². The molecule has 0 bridgehead atoms. The van der Waals surface area contributed by atoms with E-state index in [4.69, 9.17) is 4.52 Å². The minimum absolute atomic E-state index is 0.319. The van der Waals surface area contributed by atoms with Gasteiger partial charge in [-0.25, -0.2) is 4.39 Å². The fourth-order valence-corrected chi connectivity index (χ4v) is 2.84. The number of anilines is 1. The first kappa shape index (κ1) is 13.7. The van der Waals surface area contributed by atoms with Gasteiger partial charge in [0.15, 0.2) is 0 Å². The van der Waals surface area contributed by atoms with Crippen LogP contribution in [0.4, 0.5) is 9.39 Å². The Morgan fingerprint density at radius 2 is 2.05 bits per heavy atom. The van der Waals surface area contributed by atoms with E-state index in [0.29, 0.717) is 17.3 Å². The van der Waals surface area contributed by atoms with E-state index in [2.05, 4.69) is 19.8 Å². The van der Waals surface area contributed by atoms with E-state index in [9.17, 15) is 4.39 Å². The first-order chi connectivity index (χ1) is 10.1. The van der Waals surface area contributed by atoms with Crippen LogP contribution in [0.15, 0.2) is 22.7 Å². The average Bonchev–Trinajstić information content (AvgIpc) is 3.03. The van der Waals surface area contributed by atoms with Gasteiger partial charge in [-0.3, -0.25) is 0 Å². The van der Waals surface area contributed by atoms with E-state index in [1.54, 1.807) is 0 Å². The second-order valence-electron chi connectivity index (χ2n) is 4.66. The molecular formula is C14H13FN4OS. The highest BCUT2D eigenvalue weighted by atomic mass is 32.1. The van der Waals surface area contributed by atoms with Gasteiger partial charge >= 0.3 is 0 Å². The Kier molecular flexibility index (Phi) is 3.42. The molecule has 0 aliphatic heterocycles. The highest BCUT2D eigenvalue weighted by Gasteiger charge is 2.19. The van der Waals surface area contributed by atoms with Crippen LogP contribution in [0.3, 0.4) is 0 Å². The van der Waals surface area contributed by atoms with Crippen molar-refractivity contribution in [1.29, 1.82) is 0 Å². The van der Waals surface area contributed by atoms with E-state index in [1.807, 2.05) is 27.0 Å². The van der Waals surface area contributed by atoms with Crippen LogP contribution in [0.2, 0.25) is 0 Å². The molecule has 1 N–H and O–H groups in total. The van der Waals surface area contributed by atoms with Crippen LogP contribution in [0.5, 0.6) is 0 Å². The summed E-state index contributed by atoms with van der Waals surface area (Å²) in [5.41, 5.74) is 3.00. The Balaban J connectivity index is 2.05. The third-order valence-corrected chi connectivity index (χ3v) is 3.99. The van der Waals surface area contributed by atoms with E-state index in [0.717, 1.165) is 21.8 Å². The van der Waals surface area contributed by atoms with Crippen molar-refractivity contribution in [2.24, 2.45) is 0 Å². The number of rotatable bonds is 3. The summed E-state index contributed by atoms with van der Waals surface area (Å²) in [6, 6.07) is 4.66. The van der Waals surface area contributed by atoms with Crippen LogP contribution >= 0.6 is 11.5 Å². The number of hydrogen-bond donors (Lipinski definition) is 1. The topological polar surface area (TPSA) is 63.8 Å². The normalized spacial score (nSPS) is 10.9. The van der Waals surface area contributed by atoms with Crippen molar-refractivity contribution in [3.05, 3.63) is 35.3 Å². The molecule has 21 heavy (non-hydrogen) atoms. The molecule has 0 saturated heterocycles. The van der Waals surface area contributed by atoms with Gasteiger partial charge in [0.05, 0.1) is 11.3 Å². The number of hydrogen-bond acceptors (Lipinski definition) is 6. The first-order valence-electron chi connectivity index (χ1n) is 6.34. The zero-order valence-electron chi connectivity index (χ0n) is 11.8. The van der Waals surface area contributed by atoms with Gasteiger partial charge in [-0.1, -0.05) is 5.16 Å². The van der Waals surface area contributed by atoms with Crippen LogP contribution in [-0.2, 0) is 0 Å². The summed E-state index contributed by atoms with van der Waals surface area (Å²) in [6.45, 7) is 3.70. The highest BCUT2D eigenvalue weighted by Crippen LogP contribution is 2.34. The number of nitrogens with zero attached hydrogens (tertiary/aromatic N) is 3. The molecule has 0 amide bonds. The summed E-state index contributed by atoms with van der Waals surface area (Å²) in [4.78, 5) is 4.36. The predicted molar refractivity (Wildman–Crippen MR) is 79.8 cm³/mol. The quantitative estimate of drug-likeness (QED) is 0.800. The molecule has 0 aliphatic carbocycles. The van der Waals surface area contributed by atoms with Crippen LogP contribution in [-0.4, -0.2) is 21.6 Å². The lowest BCUT2D eigenvalue weighted by molar-refractivity contribution is 0.432. The minimum atomic E-state index is -0.319. The Bertz CT molecular complexity index is 776. The summed E-state index contributed by atoms with van der Waals surface area (Å²) in [7, 11) is 1.81. The van der Waals surface area contributed by atoms with E-state index in [1.165, 1.54) is 23.7 Å². The van der Waals surface area contributed by atoms with Gasteiger partial charge < -0.3 is 9.84 Å². The lowest BCUT2D eigenvalue weighted by Gasteiger charge is -1.98. The maximum absolute atomic E-state index is 13.5. The van der Waals surface area contributed by atoms with Crippen LogP contribution in [0, 0.1) is 19.7 Å². The second-order valence-corrected chi connectivity index (χ2v) is 5.44. The fourth-order valence-electron chi connectivity index (χ4n) is 2.10. The number of nitrogens with one attached hydrogen (secondary N) is 1.